The van der Waals surface area contributed by atoms with E-state index >= 15 is 0 Å². The summed E-state index contributed by atoms with van der Waals surface area (Å²) in [5, 5.41) is 11.3. The Balaban J connectivity index is 1.81. The van der Waals surface area contributed by atoms with Gasteiger partial charge in [-0.1, -0.05) is 51.5 Å². The van der Waals surface area contributed by atoms with Gasteiger partial charge in [-0.2, -0.15) is 0 Å². The van der Waals surface area contributed by atoms with Crippen LogP contribution >= 0.6 is 0 Å². The second kappa shape index (κ2) is 5.43. The lowest BCUT2D eigenvalue weighted by atomic mass is 9.65. The summed E-state index contributed by atoms with van der Waals surface area (Å²) in [7, 11) is 0. The first-order valence-corrected chi connectivity index (χ1v) is 8.72. The van der Waals surface area contributed by atoms with Crippen molar-refractivity contribution in [3.63, 3.8) is 0 Å². The van der Waals surface area contributed by atoms with Crippen molar-refractivity contribution in [2.24, 2.45) is 11.3 Å². The van der Waals surface area contributed by atoms with Crippen molar-refractivity contribution in [2.75, 3.05) is 0 Å². The second-order valence-electron chi connectivity index (χ2n) is 8.39. The molecule has 0 heterocycles. The van der Waals surface area contributed by atoms with E-state index in [2.05, 4.69) is 45.0 Å². The Labute approximate surface area is 129 Å². The SMILES string of the molecule is CC(C)(C)C1CCC(O)(c2ccccc2C2CCC2)CC1. The van der Waals surface area contributed by atoms with Gasteiger partial charge in [0.05, 0.1) is 5.60 Å². The molecule has 3 rings (SSSR count). The minimum atomic E-state index is -0.575. The highest BCUT2D eigenvalue weighted by Crippen LogP contribution is 2.48. The molecule has 0 bridgehead atoms. The highest BCUT2D eigenvalue weighted by Gasteiger charge is 2.40. The number of benzene rings is 1. The first-order valence-electron chi connectivity index (χ1n) is 8.72. The van der Waals surface area contributed by atoms with Crippen molar-refractivity contribution in [2.45, 2.75) is 77.2 Å². The van der Waals surface area contributed by atoms with Crippen LogP contribution in [0.5, 0.6) is 0 Å². The van der Waals surface area contributed by atoms with Gasteiger partial charge >= 0.3 is 0 Å². The molecule has 21 heavy (non-hydrogen) atoms. The van der Waals surface area contributed by atoms with Gasteiger partial charge in [-0.15, -0.1) is 0 Å². The Morgan fingerprint density at radius 1 is 1.00 bits per heavy atom. The van der Waals surface area contributed by atoms with Crippen LogP contribution in [-0.2, 0) is 5.60 Å². The molecule has 0 spiro atoms. The van der Waals surface area contributed by atoms with Gasteiger partial charge in [-0.05, 0) is 66.9 Å². The Morgan fingerprint density at radius 2 is 1.62 bits per heavy atom. The highest BCUT2D eigenvalue weighted by atomic mass is 16.3. The molecule has 0 unspecified atom stereocenters. The van der Waals surface area contributed by atoms with Crippen molar-refractivity contribution < 1.29 is 5.11 Å². The lowest BCUT2D eigenvalue weighted by Gasteiger charge is -2.43. The van der Waals surface area contributed by atoms with Crippen LogP contribution in [0.4, 0.5) is 0 Å². The molecule has 2 saturated carbocycles. The molecule has 1 heteroatoms. The fourth-order valence-electron chi connectivity index (χ4n) is 4.23. The van der Waals surface area contributed by atoms with Gasteiger partial charge in [0, 0.05) is 0 Å². The van der Waals surface area contributed by atoms with E-state index < -0.39 is 5.60 Å². The van der Waals surface area contributed by atoms with Crippen molar-refractivity contribution in [1.82, 2.24) is 0 Å². The average molecular weight is 286 g/mol. The van der Waals surface area contributed by atoms with E-state index in [-0.39, 0.29) is 0 Å². The monoisotopic (exact) mass is 286 g/mol. The fourth-order valence-corrected chi connectivity index (χ4v) is 4.23. The molecule has 1 N–H and O–H groups in total. The molecule has 2 aliphatic rings. The van der Waals surface area contributed by atoms with E-state index in [4.69, 9.17) is 0 Å². The average Bonchev–Trinajstić information content (AvgIpc) is 2.36. The molecule has 0 amide bonds. The van der Waals surface area contributed by atoms with Crippen LogP contribution in [-0.4, -0.2) is 5.11 Å². The number of hydrogen-bond acceptors (Lipinski definition) is 1. The fraction of sp³-hybridized carbons (Fsp3) is 0.700. The number of rotatable bonds is 2. The van der Waals surface area contributed by atoms with Crippen LogP contribution in [0, 0.1) is 11.3 Å². The predicted octanol–water partition coefficient (Wildman–Crippen LogP) is 5.38. The molecular formula is C20H30O. The first-order chi connectivity index (χ1) is 9.90. The van der Waals surface area contributed by atoms with Gasteiger partial charge in [0.2, 0.25) is 0 Å². The van der Waals surface area contributed by atoms with E-state index in [1.807, 2.05) is 0 Å². The molecule has 0 radical (unpaired) electrons. The summed E-state index contributed by atoms with van der Waals surface area (Å²) in [5.41, 5.74) is 2.46. The third-order valence-electron chi connectivity index (χ3n) is 6.04. The topological polar surface area (TPSA) is 20.2 Å². The van der Waals surface area contributed by atoms with E-state index in [9.17, 15) is 5.11 Å². The summed E-state index contributed by atoms with van der Waals surface area (Å²) in [6, 6.07) is 8.69. The maximum Gasteiger partial charge on any atom is 0.0899 e. The largest absolute Gasteiger partial charge is 0.385 e. The Kier molecular flexibility index (Phi) is 3.90. The van der Waals surface area contributed by atoms with Crippen molar-refractivity contribution in [1.29, 1.82) is 0 Å². The van der Waals surface area contributed by atoms with Crippen LogP contribution in [0.1, 0.15) is 82.8 Å². The van der Waals surface area contributed by atoms with Crippen molar-refractivity contribution in [3.05, 3.63) is 35.4 Å². The molecule has 0 atom stereocenters. The molecule has 2 fully saturated rings. The molecule has 1 aromatic rings. The van der Waals surface area contributed by atoms with Gasteiger partial charge in [0.15, 0.2) is 0 Å². The van der Waals surface area contributed by atoms with Crippen LogP contribution < -0.4 is 0 Å². The zero-order valence-electron chi connectivity index (χ0n) is 13.9. The summed E-state index contributed by atoms with van der Waals surface area (Å²) < 4.78 is 0. The summed E-state index contributed by atoms with van der Waals surface area (Å²) in [6.45, 7) is 7.01. The van der Waals surface area contributed by atoms with Gasteiger partial charge < -0.3 is 5.11 Å². The van der Waals surface area contributed by atoms with Gasteiger partial charge in [-0.3, -0.25) is 0 Å². The van der Waals surface area contributed by atoms with Crippen LogP contribution in [0.25, 0.3) is 0 Å². The summed E-state index contributed by atoms with van der Waals surface area (Å²) in [5.74, 6) is 1.44. The molecule has 1 aromatic carbocycles. The van der Waals surface area contributed by atoms with Crippen LogP contribution in [0.3, 0.4) is 0 Å². The van der Waals surface area contributed by atoms with E-state index in [1.54, 1.807) is 0 Å². The minimum Gasteiger partial charge on any atom is -0.385 e. The second-order valence-corrected chi connectivity index (χ2v) is 8.39. The van der Waals surface area contributed by atoms with Gasteiger partial charge in [0.1, 0.15) is 0 Å². The van der Waals surface area contributed by atoms with Crippen molar-refractivity contribution >= 4 is 0 Å². The smallest absolute Gasteiger partial charge is 0.0899 e. The minimum absolute atomic E-state index is 0.370. The Morgan fingerprint density at radius 3 is 2.14 bits per heavy atom. The maximum absolute atomic E-state index is 11.3. The lowest BCUT2D eigenvalue weighted by molar-refractivity contribution is -0.0308. The predicted molar refractivity (Wildman–Crippen MR) is 88.3 cm³/mol. The summed E-state index contributed by atoms with van der Waals surface area (Å²) in [6.07, 6.45) is 8.12. The van der Waals surface area contributed by atoms with Gasteiger partial charge in [-0.25, -0.2) is 0 Å². The zero-order chi connectivity index (χ0) is 15.1. The molecular weight excluding hydrogens is 256 g/mol. The third kappa shape index (κ3) is 2.90. The Bertz CT molecular complexity index is 485. The molecule has 116 valence electrons. The highest BCUT2D eigenvalue weighted by molar-refractivity contribution is 5.36. The zero-order valence-corrected chi connectivity index (χ0v) is 13.9. The van der Waals surface area contributed by atoms with E-state index in [1.165, 1.54) is 30.4 Å². The maximum atomic E-state index is 11.3. The summed E-state index contributed by atoms with van der Waals surface area (Å²) in [4.78, 5) is 0. The molecule has 0 saturated heterocycles. The first kappa shape index (κ1) is 15.1. The molecule has 1 nitrogen and oxygen atoms in total. The van der Waals surface area contributed by atoms with Crippen LogP contribution in [0.2, 0.25) is 0 Å². The molecule has 2 aliphatic carbocycles. The van der Waals surface area contributed by atoms with Gasteiger partial charge in [0.25, 0.3) is 0 Å². The van der Waals surface area contributed by atoms with Crippen molar-refractivity contribution in [3.8, 4) is 0 Å². The lowest BCUT2D eigenvalue weighted by Crippen LogP contribution is -2.36. The quantitative estimate of drug-likeness (QED) is 0.774. The number of hydrogen-bond donors (Lipinski definition) is 1. The standard InChI is InChI=1S/C20H30O/c1-19(2,3)16-11-13-20(21,14-12-16)18-10-5-4-9-17(18)15-7-6-8-15/h4-5,9-10,15-16,21H,6-8,11-14H2,1-3H3. The van der Waals surface area contributed by atoms with E-state index in [0.29, 0.717) is 11.3 Å². The summed E-state index contributed by atoms with van der Waals surface area (Å²) >= 11 is 0. The van der Waals surface area contributed by atoms with Crippen LogP contribution in [0.15, 0.2) is 24.3 Å². The van der Waals surface area contributed by atoms with E-state index in [0.717, 1.165) is 31.6 Å². The third-order valence-corrected chi connectivity index (χ3v) is 6.04. The Hall–Kier alpha value is -0.820. The number of aliphatic hydroxyl groups is 1. The molecule has 0 aliphatic heterocycles. The normalized spacial score (nSPS) is 31.0. The molecule has 0 aromatic heterocycles.